The van der Waals surface area contributed by atoms with Gasteiger partial charge in [0, 0.05) is 22.9 Å². The summed E-state index contributed by atoms with van der Waals surface area (Å²) in [7, 11) is -3.39. The number of hydrogen-bond acceptors (Lipinski definition) is 8. The Labute approximate surface area is 157 Å². The molecule has 11 heteroatoms. The van der Waals surface area contributed by atoms with E-state index in [1.165, 1.54) is 23.1 Å². The second-order valence-corrected chi connectivity index (χ2v) is 10.0. The monoisotopic (exact) mass is 407 g/mol. The third-order valence-electron chi connectivity index (χ3n) is 4.32. The van der Waals surface area contributed by atoms with Crippen molar-refractivity contribution in [2.45, 2.75) is 23.7 Å². The SMILES string of the molecule is O=C(Nc1nnc(C2CC2)s1)c1ccc2c(c1)SC1=NS(=O)(=O)CCN12. The molecule has 1 aromatic carbocycles. The molecule has 1 aliphatic carbocycles. The quantitative estimate of drug-likeness (QED) is 0.832. The molecule has 2 aromatic rings. The number of fused-ring (bicyclic) bond motifs is 3. The van der Waals surface area contributed by atoms with Gasteiger partial charge in [-0.2, -0.15) is 0 Å². The average Bonchev–Trinajstić information content (AvgIpc) is 3.24. The van der Waals surface area contributed by atoms with E-state index in [2.05, 4.69) is 19.9 Å². The minimum atomic E-state index is -3.39. The van der Waals surface area contributed by atoms with E-state index in [1.54, 1.807) is 12.1 Å². The number of nitrogens with one attached hydrogen (secondary N) is 1. The molecule has 0 atom stereocenters. The van der Waals surface area contributed by atoms with E-state index in [0.717, 1.165) is 28.4 Å². The fourth-order valence-corrected chi connectivity index (χ4v) is 6.03. The Bertz CT molecular complexity index is 1060. The first-order chi connectivity index (χ1) is 12.5. The van der Waals surface area contributed by atoms with E-state index < -0.39 is 10.0 Å². The van der Waals surface area contributed by atoms with Crippen LogP contribution in [0.5, 0.6) is 0 Å². The van der Waals surface area contributed by atoms with E-state index in [0.29, 0.717) is 28.3 Å². The Kier molecular flexibility index (Phi) is 3.59. The van der Waals surface area contributed by atoms with Crippen LogP contribution in [0.1, 0.15) is 34.1 Å². The largest absolute Gasteiger partial charge is 0.318 e. The third kappa shape index (κ3) is 2.89. The number of carbonyl (C=O) groups is 1. The number of amidine groups is 1. The van der Waals surface area contributed by atoms with Crippen LogP contribution >= 0.6 is 23.1 Å². The van der Waals surface area contributed by atoms with Crippen LogP contribution in [0.3, 0.4) is 0 Å². The molecule has 0 saturated heterocycles. The van der Waals surface area contributed by atoms with Crippen molar-refractivity contribution in [2.24, 2.45) is 4.40 Å². The number of amides is 1. The van der Waals surface area contributed by atoms with Crippen LogP contribution in [-0.2, 0) is 10.0 Å². The van der Waals surface area contributed by atoms with Crippen LogP contribution in [0.25, 0.3) is 0 Å². The predicted molar refractivity (Wildman–Crippen MR) is 101 cm³/mol. The Morgan fingerprint density at radius 3 is 2.92 bits per heavy atom. The minimum absolute atomic E-state index is 0.000881. The first-order valence-electron chi connectivity index (χ1n) is 8.05. The van der Waals surface area contributed by atoms with Crippen molar-refractivity contribution in [3.63, 3.8) is 0 Å². The van der Waals surface area contributed by atoms with E-state index in [1.807, 2.05) is 11.0 Å². The number of hydrogen-bond donors (Lipinski definition) is 1. The lowest BCUT2D eigenvalue weighted by Gasteiger charge is -2.22. The number of aromatic nitrogens is 2. The first-order valence-corrected chi connectivity index (χ1v) is 11.3. The molecule has 134 valence electrons. The van der Waals surface area contributed by atoms with Crippen LogP contribution in [0.4, 0.5) is 10.8 Å². The number of thioether (sulfide) groups is 1. The van der Waals surface area contributed by atoms with Gasteiger partial charge in [0.2, 0.25) is 5.13 Å². The Balaban J connectivity index is 1.37. The summed E-state index contributed by atoms with van der Waals surface area (Å²) in [5.74, 6) is 0.245. The number of sulfonamides is 1. The first kappa shape index (κ1) is 16.2. The molecule has 26 heavy (non-hydrogen) atoms. The van der Waals surface area contributed by atoms with E-state index in [4.69, 9.17) is 0 Å². The van der Waals surface area contributed by atoms with Crippen LogP contribution in [0.15, 0.2) is 27.5 Å². The number of carbonyl (C=O) groups excluding carboxylic acids is 1. The zero-order chi connectivity index (χ0) is 17.9. The average molecular weight is 408 g/mol. The molecule has 1 aromatic heterocycles. The zero-order valence-electron chi connectivity index (χ0n) is 13.4. The molecular formula is C15H13N5O3S3. The molecule has 0 radical (unpaired) electrons. The van der Waals surface area contributed by atoms with Gasteiger partial charge in [-0.25, -0.2) is 8.42 Å². The van der Waals surface area contributed by atoms with Crippen LogP contribution in [0.2, 0.25) is 0 Å². The fourth-order valence-electron chi connectivity index (χ4n) is 2.82. The van der Waals surface area contributed by atoms with Crippen molar-refractivity contribution in [3.05, 3.63) is 28.8 Å². The lowest BCUT2D eigenvalue weighted by atomic mass is 10.2. The van der Waals surface area contributed by atoms with Gasteiger partial charge in [-0.15, -0.1) is 14.6 Å². The summed E-state index contributed by atoms with van der Waals surface area (Å²) in [5.41, 5.74) is 1.37. The van der Waals surface area contributed by atoms with Crippen molar-refractivity contribution in [1.82, 2.24) is 10.2 Å². The highest BCUT2D eigenvalue weighted by Gasteiger charge is 2.33. The standard InChI is InChI=1S/C15H13N5O3S3/c21-12(16-14-18-17-13(25-14)8-1-2-8)9-3-4-10-11(7-9)24-15-19-26(22,23)6-5-20(10)15/h3-4,7-8H,1-2,5-6H2,(H,16,18,21). The van der Waals surface area contributed by atoms with Crippen molar-refractivity contribution in [2.75, 3.05) is 22.5 Å². The maximum Gasteiger partial charge on any atom is 0.257 e. The zero-order valence-corrected chi connectivity index (χ0v) is 15.8. The van der Waals surface area contributed by atoms with Crippen molar-refractivity contribution in [3.8, 4) is 0 Å². The number of anilines is 2. The Hall–Kier alpha value is -1.98. The summed E-state index contributed by atoms with van der Waals surface area (Å²) in [6.45, 7) is 0.376. The molecule has 3 heterocycles. The molecule has 8 nitrogen and oxygen atoms in total. The van der Waals surface area contributed by atoms with Gasteiger partial charge in [-0.1, -0.05) is 11.3 Å². The molecule has 0 bridgehead atoms. The van der Waals surface area contributed by atoms with E-state index >= 15 is 0 Å². The lowest BCUT2D eigenvalue weighted by molar-refractivity contribution is 0.102. The van der Waals surface area contributed by atoms with Gasteiger partial charge in [-0.3, -0.25) is 10.1 Å². The van der Waals surface area contributed by atoms with Gasteiger partial charge in [-0.05, 0) is 42.8 Å². The van der Waals surface area contributed by atoms with Gasteiger partial charge in [0.1, 0.15) is 5.01 Å². The maximum absolute atomic E-state index is 12.5. The molecule has 1 N–H and O–H groups in total. The molecule has 1 fully saturated rings. The van der Waals surface area contributed by atoms with Crippen LogP contribution in [0, 0.1) is 0 Å². The molecule has 1 saturated carbocycles. The minimum Gasteiger partial charge on any atom is -0.318 e. The highest BCUT2D eigenvalue weighted by molar-refractivity contribution is 8.15. The van der Waals surface area contributed by atoms with Gasteiger partial charge < -0.3 is 4.90 Å². The summed E-state index contributed by atoms with van der Waals surface area (Å²) in [6.07, 6.45) is 2.28. The summed E-state index contributed by atoms with van der Waals surface area (Å²) in [6, 6.07) is 5.31. The summed E-state index contributed by atoms with van der Waals surface area (Å²) < 4.78 is 27.2. The van der Waals surface area contributed by atoms with Crippen LogP contribution in [-0.4, -0.2) is 42.0 Å². The Morgan fingerprint density at radius 2 is 2.12 bits per heavy atom. The molecule has 2 aliphatic heterocycles. The van der Waals surface area contributed by atoms with Crippen molar-refractivity contribution >= 4 is 55.0 Å². The number of nitrogens with zero attached hydrogens (tertiary/aromatic N) is 4. The number of rotatable bonds is 3. The van der Waals surface area contributed by atoms with Gasteiger partial charge in [0.15, 0.2) is 5.17 Å². The second-order valence-electron chi connectivity index (χ2n) is 6.27. The Morgan fingerprint density at radius 1 is 1.27 bits per heavy atom. The summed E-state index contributed by atoms with van der Waals surface area (Å²) in [4.78, 5) is 15.2. The highest BCUT2D eigenvalue weighted by Crippen LogP contribution is 2.43. The summed E-state index contributed by atoms with van der Waals surface area (Å²) >= 11 is 2.68. The smallest absolute Gasteiger partial charge is 0.257 e. The predicted octanol–water partition coefficient (Wildman–Crippen LogP) is 2.28. The topological polar surface area (TPSA) is 105 Å². The molecule has 1 amide bonds. The van der Waals surface area contributed by atoms with Gasteiger partial charge in [0.05, 0.1) is 11.4 Å². The maximum atomic E-state index is 12.5. The molecule has 0 spiro atoms. The second kappa shape index (κ2) is 5.76. The van der Waals surface area contributed by atoms with E-state index in [-0.39, 0.29) is 11.7 Å². The van der Waals surface area contributed by atoms with Crippen molar-refractivity contribution < 1.29 is 13.2 Å². The third-order valence-corrected chi connectivity index (χ3v) is 7.63. The molecule has 5 rings (SSSR count). The van der Waals surface area contributed by atoms with Gasteiger partial charge >= 0.3 is 0 Å². The number of benzene rings is 1. The van der Waals surface area contributed by atoms with Gasteiger partial charge in [0.25, 0.3) is 15.9 Å². The fraction of sp³-hybridized carbons (Fsp3) is 0.333. The van der Waals surface area contributed by atoms with E-state index in [9.17, 15) is 13.2 Å². The molecule has 3 aliphatic rings. The van der Waals surface area contributed by atoms with Crippen molar-refractivity contribution in [1.29, 1.82) is 0 Å². The molecule has 0 unspecified atom stereocenters. The molecular weight excluding hydrogens is 394 g/mol. The highest BCUT2D eigenvalue weighted by atomic mass is 32.2. The van der Waals surface area contributed by atoms with Crippen LogP contribution < -0.4 is 10.2 Å². The normalized spacial score (nSPS) is 20.3. The summed E-state index contributed by atoms with van der Waals surface area (Å²) in [5, 5.41) is 12.8. The lowest BCUT2D eigenvalue weighted by Crippen LogP contribution is -2.35.